The molecule has 7 nitrogen and oxygen atoms in total. The zero-order chi connectivity index (χ0) is 22.1. The van der Waals surface area contributed by atoms with E-state index in [1.54, 1.807) is 13.4 Å². The smallest absolute Gasteiger partial charge is 0.174 e. The number of anilines is 1. The number of nitrogen functional groups attached to an aromatic ring is 1. The first-order chi connectivity index (χ1) is 15.6. The van der Waals surface area contributed by atoms with Gasteiger partial charge in [0.05, 0.1) is 24.8 Å². The predicted octanol–water partition coefficient (Wildman–Crippen LogP) is 4.46. The molecule has 0 unspecified atom stereocenters. The number of fused-ring (bicyclic) bond motifs is 1. The van der Waals surface area contributed by atoms with Crippen LogP contribution in [-0.2, 0) is 6.54 Å². The van der Waals surface area contributed by atoms with E-state index in [0.717, 1.165) is 59.2 Å². The summed E-state index contributed by atoms with van der Waals surface area (Å²) in [5.41, 5.74) is 11.1. The van der Waals surface area contributed by atoms with Gasteiger partial charge in [0.15, 0.2) is 5.82 Å². The fourth-order valence-electron chi connectivity index (χ4n) is 4.30. The monoisotopic (exact) mass is 426 g/mol. The number of aryl methyl sites for hydroxylation is 2. The minimum atomic E-state index is 0.178. The van der Waals surface area contributed by atoms with Crippen LogP contribution in [0, 0.1) is 6.92 Å². The van der Waals surface area contributed by atoms with Gasteiger partial charge in [-0.3, -0.25) is 0 Å². The van der Waals surface area contributed by atoms with Crippen LogP contribution in [0.1, 0.15) is 47.2 Å². The van der Waals surface area contributed by atoms with Crippen molar-refractivity contribution < 1.29 is 4.74 Å². The lowest BCUT2D eigenvalue weighted by molar-refractivity contribution is 0.413. The molecular formula is C25H26N6O. The van der Waals surface area contributed by atoms with E-state index in [1.165, 1.54) is 0 Å². The second-order valence-electron chi connectivity index (χ2n) is 8.06. The van der Waals surface area contributed by atoms with E-state index in [-0.39, 0.29) is 5.92 Å². The third-order valence-electron chi connectivity index (χ3n) is 5.88. The van der Waals surface area contributed by atoms with Gasteiger partial charge in [-0.1, -0.05) is 30.3 Å². The lowest BCUT2D eigenvalue weighted by Gasteiger charge is -2.23. The summed E-state index contributed by atoms with van der Waals surface area (Å²) in [6.45, 7) is 2.85. The van der Waals surface area contributed by atoms with E-state index in [0.29, 0.717) is 5.82 Å². The molecule has 1 aliphatic rings. The number of hydrogen-bond donors (Lipinski definition) is 1. The Bertz CT molecular complexity index is 1290. The maximum absolute atomic E-state index is 6.24. The molecule has 2 N–H and O–H groups in total. The van der Waals surface area contributed by atoms with E-state index in [4.69, 9.17) is 20.6 Å². The number of para-hydroxylation sites is 1. The average molecular weight is 427 g/mol. The summed E-state index contributed by atoms with van der Waals surface area (Å²) in [5.74, 6) is 2.64. The molecule has 0 bridgehead atoms. The number of hydrogen-bond acceptors (Lipinski definition) is 5. The molecule has 2 aromatic heterocycles. The Morgan fingerprint density at radius 3 is 2.81 bits per heavy atom. The molecule has 0 saturated carbocycles. The van der Waals surface area contributed by atoms with E-state index in [1.807, 2.05) is 70.9 Å². The fraction of sp³-hybridized carbons (Fsp3) is 0.240. The molecule has 7 heteroatoms. The quantitative estimate of drug-likeness (QED) is 0.477. The highest BCUT2D eigenvalue weighted by Crippen LogP contribution is 2.35. The molecule has 0 spiro atoms. The lowest BCUT2D eigenvalue weighted by atomic mass is 9.90. The van der Waals surface area contributed by atoms with Crippen molar-refractivity contribution in [3.8, 4) is 11.4 Å². The lowest BCUT2D eigenvalue weighted by Crippen LogP contribution is -2.18. The summed E-state index contributed by atoms with van der Waals surface area (Å²) in [6.07, 6.45) is 9.82. The first-order valence-corrected chi connectivity index (χ1v) is 10.8. The summed E-state index contributed by atoms with van der Waals surface area (Å²) >= 11 is 0. The number of ether oxygens (including phenoxy) is 1. The van der Waals surface area contributed by atoms with Crippen LogP contribution in [0.4, 0.5) is 5.69 Å². The number of aromatic nitrogens is 5. The molecule has 0 radical (unpaired) electrons. The number of nitrogens with two attached hydrogens (primary N) is 1. The third kappa shape index (κ3) is 3.77. The molecule has 0 amide bonds. The highest BCUT2D eigenvalue weighted by atomic mass is 16.5. The van der Waals surface area contributed by atoms with Crippen LogP contribution in [0.2, 0.25) is 0 Å². The standard InChI is InChI=1S/C25H26N6O/c1-17-15-30(16-27-17)22-11-9-18(14-23(22)32-2)10-12-24-28-25-20(7-5-13-31(25)29-24)19-6-3-4-8-21(19)26/h3-4,6,8-12,14-16,20H,5,7,13,26H2,1-2H3/b12-10+/t20-/m1/s1. The van der Waals surface area contributed by atoms with Gasteiger partial charge in [-0.05, 0) is 55.2 Å². The van der Waals surface area contributed by atoms with Gasteiger partial charge in [0.25, 0.3) is 0 Å². The zero-order valence-electron chi connectivity index (χ0n) is 18.3. The van der Waals surface area contributed by atoms with E-state index in [2.05, 4.69) is 11.1 Å². The molecule has 0 aliphatic carbocycles. The number of benzene rings is 2. The predicted molar refractivity (Wildman–Crippen MR) is 126 cm³/mol. The summed E-state index contributed by atoms with van der Waals surface area (Å²) in [7, 11) is 1.68. The minimum absolute atomic E-state index is 0.178. The van der Waals surface area contributed by atoms with Gasteiger partial charge in [0, 0.05) is 24.3 Å². The molecule has 0 saturated heterocycles. The Kier molecular flexibility index (Phi) is 5.23. The van der Waals surface area contributed by atoms with Crippen molar-refractivity contribution in [3.05, 3.63) is 83.5 Å². The van der Waals surface area contributed by atoms with E-state index >= 15 is 0 Å². The number of rotatable bonds is 5. The van der Waals surface area contributed by atoms with E-state index in [9.17, 15) is 0 Å². The molecular weight excluding hydrogens is 400 g/mol. The highest BCUT2D eigenvalue weighted by molar-refractivity contribution is 5.69. The average Bonchev–Trinajstić information content (AvgIpc) is 3.43. The second-order valence-corrected chi connectivity index (χ2v) is 8.06. The third-order valence-corrected chi connectivity index (χ3v) is 5.88. The van der Waals surface area contributed by atoms with Gasteiger partial charge in [0.1, 0.15) is 11.6 Å². The Morgan fingerprint density at radius 1 is 1.16 bits per heavy atom. The Morgan fingerprint density at radius 2 is 2.03 bits per heavy atom. The van der Waals surface area contributed by atoms with Crippen LogP contribution in [0.25, 0.3) is 17.8 Å². The van der Waals surface area contributed by atoms with Crippen LogP contribution in [-0.4, -0.2) is 31.4 Å². The molecule has 1 atom stereocenters. The van der Waals surface area contributed by atoms with Crippen molar-refractivity contribution in [1.82, 2.24) is 24.3 Å². The fourth-order valence-corrected chi connectivity index (χ4v) is 4.30. The summed E-state index contributed by atoms with van der Waals surface area (Å²) in [4.78, 5) is 9.14. The van der Waals surface area contributed by atoms with Crippen molar-refractivity contribution in [2.75, 3.05) is 12.8 Å². The van der Waals surface area contributed by atoms with Crippen molar-refractivity contribution in [1.29, 1.82) is 0 Å². The van der Waals surface area contributed by atoms with Gasteiger partial charge in [-0.25, -0.2) is 14.6 Å². The SMILES string of the molecule is COc1cc(/C=C/c2nc3n(n2)CCC[C@@H]3c2ccccc2N)ccc1-n1cnc(C)c1. The Balaban J connectivity index is 1.42. The Hall–Kier alpha value is -3.87. The number of methoxy groups -OCH3 is 1. The van der Waals surface area contributed by atoms with Crippen LogP contribution < -0.4 is 10.5 Å². The van der Waals surface area contributed by atoms with Gasteiger partial charge in [-0.2, -0.15) is 5.10 Å². The molecule has 1 aliphatic heterocycles. The maximum Gasteiger partial charge on any atom is 0.174 e. The van der Waals surface area contributed by atoms with Crippen molar-refractivity contribution >= 4 is 17.8 Å². The highest BCUT2D eigenvalue weighted by Gasteiger charge is 2.26. The first kappa shape index (κ1) is 20.1. The van der Waals surface area contributed by atoms with Crippen molar-refractivity contribution in [2.24, 2.45) is 0 Å². The second kappa shape index (κ2) is 8.34. The molecule has 4 aromatic rings. The topological polar surface area (TPSA) is 83.8 Å². The van der Waals surface area contributed by atoms with Crippen LogP contribution in [0.15, 0.2) is 55.0 Å². The number of nitrogens with zero attached hydrogens (tertiary/aromatic N) is 5. The normalized spacial score (nSPS) is 15.8. The zero-order valence-corrected chi connectivity index (χ0v) is 18.3. The van der Waals surface area contributed by atoms with E-state index < -0.39 is 0 Å². The van der Waals surface area contributed by atoms with Crippen LogP contribution >= 0.6 is 0 Å². The van der Waals surface area contributed by atoms with Gasteiger partial charge >= 0.3 is 0 Å². The van der Waals surface area contributed by atoms with Gasteiger partial charge in [0.2, 0.25) is 0 Å². The van der Waals surface area contributed by atoms with Crippen LogP contribution in [0.5, 0.6) is 5.75 Å². The first-order valence-electron chi connectivity index (χ1n) is 10.8. The summed E-state index contributed by atoms with van der Waals surface area (Å²) < 4.78 is 9.59. The number of imidazole rings is 1. The minimum Gasteiger partial charge on any atom is -0.495 e. The van der Waals surface area contributed by atoms with Crippen molar-refractivity contribution in [2.45, 2.75) is 32.2 Å². The largest absolute Gasteiger partial charge is 0.495 e. The molecule has 32 heavy (non-hydrogen) atoms. The molecule has 3 heterocycles. The molecule has 162 valence electrons. The maximum atomic E-state index is 6.24. The summed E-state index contributed by atoms with van der Waals surface area (Å²) in [5, 5.41) is 4.72. The molecule has 2 aromatic carbocycles. The Labute approximate surface area is 187 Å². The molecule has 0 fully saturated rings. The van der Waals surface area contributed by atoms with Crippen LogP contribution in [0.3, 0.4) is 0 Å². The van der Waals surface area contributed by atoms with Gasteiger partial charge < -0.3 is 15.0 Å². The summed E-state index contributed by atoms with van der Waals surface area (Å²) in [6, 6.07) is 14.1. The molecule has 5 rings (SSSR count). The van der Waals surface area contributed by atoms with Gasteiger partial charge in [-0.15, -0.1) is 0 Å². The van der Waals surface area contributed by atoms with Crippen molar-refractivity contribution in [3.63, 3.8) is 0 Å².